The van der Waals surface area contributed by atoms with Crippen molar-refractivity contribution in [3.63, 3.8) is 0 Å². The lowest BCUT2D eigenvalue weighted by atomic mass is 9.98. The third-order valence-corrected chi connectivity index (χ3v) is 2.67. The zero-order chi connectivity index (χ0) is 9.52. The molecule has 1 heterocycles. The summed E-state index contributed by atoms with van der Waals surface area (Å²) in [7, 11) is 2.17. The van der Waals surface area contributed by atoms with Crippen LogP contribution >= 0.6 is 0 Å². The Kier molecular flexibility index (Phi) is 4.88. The summed E-state index contributed by atoms with van der Waals surface area (Å²) >= 11 is 0. The minimum absolute atomic E-state index is 0.876. The Morgan fingerprint density at radius 3 is 2.77 bits per heavy atom. The lowest BCUT2D eigenvalue weighted by molar-refractivity contribution is 0.244. The number of hydrogen-bond acceptors (Lipinski definition) is 2. The Hall–Kier alpha value is -0.520. The quantitative estimate of drug-likeness (QED) is 0.648. The highest BCUT2D eigenvalue weighted by molar-refractivity contribution is 4.84. The molecule has 1 aliphatic rings. The van der Waals surface area contributed by atoms with Crippen LogP contribution in [0.2, 0.25) is 0 Å². The van der Waals surface area contributed by atoms with Gasteiger partial charge in [-0.1, -0.05) is 0 Å². The van der Waals surface area contributed by atoms with Crippen molar-refractivity contribution in [2.24, 2.45) is 5.92 Å². The van der Waals surface area contributed by atoms with Crippen molar-refractivity contribution in [1.29, 1.82) is 0 Å². The smallest absolute Gasteiger partial charge is 0.0214 e. The van der Waals surface area contributed by atoms with E-state index in [0.29, 0.717) is 0 Å². The van der Waals surface area contributed by atoms with Gasteiger partial charge in [0.1, 0.15) is 0 Å². The summed E-state index contributed by atoms with van der Waals surface area (Å²) < 4.78 is 0. The van der Waals surface area contributed by atoms with Gasteiger partial charge in [-0.2, -0.15) is 0 Å². The molecule has 2 nitrogen and oxygen atoms in total. The summed E-state index contributed by atoms with van der Waals surface area (Å²) in [6.45, 7) is 4.63. The molecule has 2 heteroatoms. The predicted octanol–water partition coefficient (Wildman–Crippen LogP) is 0.941. The molecule has 0 aromatic rings. The van der Waals surface area contributed by atoms with Crippen LogP contribution in [0.1, 0.15) is 19.3 Å². The number of rotatable bonds is 4. The Bertz CT molecular complexity index is 165. The minimum atomic E-state index is 0.876. The molecule has 1 N–H and O–H groups in total. The third kappa shape index (κ3) is 4.31. The zero-order valence-corrected chi connectivity index (χ0v) is 8.55. The van der Waals surface area contributed by atoms with Gasteiger partial charge in [0.25, 0.3) is 0 Å². The van der Waals surface area contributed by atoms with Gasteiger partial charge in [0.15, 0.2) is 0 Å². The molecule has 0 saturated carbocycles. The van der Waals surface area contributed by atoms with Crippen LogP contribution in [0.5, 0.6) is 0 Å². The summed E-state index contributed by atoms with van der Waals surface area (Å²) in [5, 5.41) is 3.38. The first-order valence-electron chi connectivity index (χ1n) is 5.15. The van der Waals surface area contributed by atoms with Crippen molar-refractivity contribution in [3.8, 4) is 12.3 Å². The number of terminal acetylenes is 1. The van der Waals surface area contributed by atoms with E-state index in [0.717, 1.165) is 18.9 Å². The molecule has 0 radical (unpaired) electrons. The van der Waals surface area contributed by atoms with E-state index in [9.17, 15) is 0 Å². The summed E-state index contributed by atoms with van der Waals surface area (Å²) in [6.07, 6.45) is 8.74. The summed E-state index contributed by atoms with van der Waals surface area (Å²) in [6, 6.07) is 0. The first-order chi connectivity index (χ1) is 6.33. The molecule has 1 fully saturated rings. The second-order valence-corrected chi connectivity index (χ2v) is 3.91. The van der Waals surface area contributed by atoms with Crippen LogP contribution in [-0.4, -0.2) is 38.1 Å². The fourth-order valence-electron chi connectivity index (χ4n) is 1.85. The number of nitrogens with one attached hydrogen (secondary N) is 1. The number of hydrogen-bond donors (Lipinski definition) is 1. The molecule has 0 atom stereocenters. The van der Waals surface area contributed by atoms with E-state index in [1.165, 1.54) is 32.5 Å². The van der Waals surface area contributed by atoms with Crippen molar-refractivity contribution in [2.75, 3.05) is 33.2 Å². The fraction of sp³-hybridized carbons (Fsp3) is 0.818. The minimum Gasteiger partial charge on any atom is -0.317 e. The fourth-order valence-corrected chi connectivity index (χ4v) is 1.85. The molecular formula is C11H20N2. The van der Waals surface area contributed by atoms with Crippen LogP contribution in [0.15, 0.2) is 0 Å². The standard InChI is InChI=1S/C11H20N2/c1-3-4-9-13(2)10-11-5-7-12-8-6-11/h1,11-12H,4-10H2,2H3. The van der Waals surface area contributed by atoms with Crippen molar-refractivity contribution in [1.82, 2.24) is 10.2 Å². The highest BCUT2D eigenvalue weighted by atomic mass is 15.1. The summed E-state index contributed by atoms with van der Waals surface area (Å²) in [4.78, 5) is 2.36. The monoisotopic (exact) mass is 180 g/mol. The van der Waals surface area contributed by atoms with Gasteiger partial charge < -0.3 is 10.2 Å². The highest BCUT2D eigenvalue weighted by Crippen LogP contribution is 2.12. The molecule has 0 aliphatic carbocycles. The molecular weight excluding hydrogens is 160 g/mol. The van der Waals surface area contributed by atoms with Crippen molar-refractivity contribution < 1.29 is 0 Å². The van der Waals surface area contributed by atoms with Gasteiger partial charge in [-0.15, -0.1) is 12.3 Å². The molecule has 0 aromatic heterocycles. The molecule has 0 aromatic carbocycles. The van der Waals surface area contributed by atoms with E-state index in [-0.39, 0.29) is 0 Å². The molecule has 0 spiro atoms. The lowest BCUT2D eigenvalue weighted by Gasteiger charge is -2.27. The first-order valence-corrected chi connectivity index (χ1v) is 5.15. The van der Waals surface area contributed by atoms with Gasteiger partial charge in [0.2, 0.25) is 0 Å². The van der Waals surface area contributed by atoms with Gasteiger partial charge in [0.05, 0.1) is 0 Å². The predicted molar refractivity (Wildman–Crippen MR) is 56.5 cm³/mol. The number of nitrogens with zero attached hydrogens (tertiary/aromatic N) is 1. The van der Waals surface area contributed by atoms with E-state index < -0.39 is 0 Å². The largest absolute Gasteiger partial charge is 0.317 e. The Morgan fingerprint density at radius 2 is 2.15 bits per heavy atom. The average Bonchev–Trinajstić information content (AvgIpc) is 2.16. The summed E-state index contributed by atoms with van der Waals surface area (Å²) in [5.74, 6) is 3.56. The third-order valence-electron chi connectivity index (χ3n) is 2.67. The Balaban J connectivity index is 2.11. The Morgan fingerprint density at radius 1 is 1.46 bits per heavy atom. The SMILES string of the molecule is C#CCCN(C)CC1CCNCC1. The second-order valence-electron chi connectivity index (χ2n) is 3.91. The second kappa shape index (κ2) is 6.01. The topological polar surface area (TPSA) is 15.3 Å². The van der Waals surface area contributed by atoms with Crippen LogP contribution in [0.25, 0.3) is 0 Å². The maximum atomic E-state index is 5.22. The van der Waals surface area contributed by atoms with Crippen molar-refractivity contribution >= 4 is 0 Å². The summed E-state index contributed by atoms with van der Waals surface area (Å²) in [5.41, 5.74) is 0. The molecule has 0 bridgehead atoms. The molecule has 1 rings (SSSR count). The molecule has 13 heavy (non-hydrogen) atoms. The molecule has 1 saturated heterocycles. The zero-order valence-electron chi connectivity index (χ0n) is 8.55. The van der Waals surface area contributed by atoms with E-state index in [4.69, 9.17) is 6.42 Å². The molecule has 1 aliphatic heterocycles. The van der Waals surface area contributed by atoms with Crippen molar-refractivity contribution in [3.05, 3.63) is 0 Å². The van der Waals surface area contributed by atoms with Crippen molar-refractivity contribution in [2.45, 2.75) is 19.3 Å². The van der Waals surface area contributed by atoms with E-state index >= 15 is 0 Å². The van der Waals surface area contributed by atoms with Gasteiger partial charge in [-0.05, 0) is 38.9 Å². The maximum Gasteiger partial charge on any atom is 0.0214 e. The van der Waals surface area contributed by atoms with Gasteiger partial charge in [0, 0.05) is 19.5 Å². The Labute approximate surface area is 81.7 Å². The van der Waals surface area contributed by atoms with Crippen LogP contribution in [0.4, 0.5) is 0 Å². The average molecular weight is 180 g/mol. The maximum absolute atomic E-state index is 5.22. The van der Waals surface area contributed by atoms with Gasteiger partial charge in [-0.25, -0.2) is 0 Å². The molecule has 0 unspecified atom stereocenters. The van der Waals surface area contributed by atoms with Crippen LogP contribution in [0, 0.1) is 18.3 Å². The van der Waals surface area contributed by atoms with E-state index in [2.05, 4.69) is 23.2 Å². The highest BCUT2D eigenvalue weighted by Gasteiger charge is 2.14. The van der Waals surface area contributed by atoms with Gasteiger partial charge >= 0.3 is 0 Å². The van der Waals surface area contributed by atoms with Gasteiger partial charge in [-0.3, -0.25) is 0 Å². The van der Waals surface area contributed by atoms with Crippen LogP contribution in [0.3, 0.4) is 0 Å². The molecule has 74 valence electrons. The van der Waals surface area contributed by atoms with Crippen LogP contribution < -0.4 is 5.32 Å². The van der Waals surface area contributed by atoms with E-state index in [1.54, 1.807) is 0 Å². The molecule has 0 amide bonds. The lowest BCUT2D eigenvalue weighted by Crippen LogP contribution is -2.34. The normalized spacial score (nSPS) is 18.8. The van der Waals surface area contributed by atoms with E-state index in [1.807, 2.05) is 0 Å². The van der Waals surface area contributed by atoms with Crippen LogP contribution in [-0.2, 0) is 0 Å². The number of piperidine rings is 1. The first kappa shape index (κ1) is 10.6.